The van der Waals surface area contributed by atoms with Crippen molar-refractivity contribution in [3.8, 4) is 16.9 Å². The van der Waals surface area contributed by atoms with Crippen LogP contribution in [0.2, 0.25) is 0 Å². The lowest BCUT2D eigenvalue weighted by atomic mass is 10.1. The number of carbonyl (C=O) groups is 2. The number of hydrogen-bond donors (Lipinski definition) is 1. The molecule has 0 radical (unpaired) electrons. The van der Waals surface area contributed by atoms with Crippen molar-refractivity contribution in [1.29, 1.82) is 0 Å². The number of fused-ring (bicyclic) bond motifs is 2. The molecule has 158 valence electrons. The molecule has 7 heteroatoms. The Morgan fingerprint density at radius 2 is 2.13 bits per heavy atom. The van der Waals surface area contributed by atoms with Gasteiger partial charge in [0.1, 0.15) is 12.4 Å². The van der Waals surface area contributed by atoms with Crippen molar-refractivity contribution in [3.63, 3.8) is 0 Å². The van der Waals surface area contributed by atoms with Crippen LogP contribution in [0.3, 0.4) is 0 Å². The fourth-order valence-corrected chi connectivity index (χ4v) is 3.99. The van der Waals surface area contributed by atoms with Crippen LogP contribution in [0.25, 0.3) is 11.1 Å². The largest absolute Gasteiger partial charge is 0.490 e. The number of nitrogens with zero attached hydrogens (tertiary/aromatic N) is 3. The SMILES string of the molecule is CC(C)CC(=O)N1CCN2CC(=O)Nc3cc(-c4cccnc4)ccc3OC[C@@H]2C1. The van der Waals surface area contributed by atoms with Crippen LogP contribution in [0.15, 0.2) is 42.7 Å². The highest BCUT2D eigenvalue weighted by molar-refractivity contribution is 5.94. The van der Waals surface area contributed by atoms with Crippen LogP contribution < -0.4 is 10.1 Å². The van der Waals surface area contributed by atoms with Gasteiger partial charge in [-0.25, -0.2) is 0 Å². The van der Waals surface area contributed by atoms with Gasteiger partial charge < -0.3 is 15.0 Å². The molecular formula is C23H28N4O3. The van der Waals surface area contributed by atoms with Gasteiger partial charge >= 0.3 is 0 Å². The van der Waals surface area contributed by atoms with Crippen LogP contribution in [0.4, 0.5) is 5.69 Å². The van der Waals surface area contributed by atoms with Crippen LogP contribution >= 0.6 is 0 Å². The molecular weight excluding hydrogens is 380 g/mol. The summed E-state index contributed by atoms with van der Waals surface area (Å²) in [6, 6.07) is 9.64. The Kier molecular flexibility index (Phi) is 5.99. The van der Waals surface area contributed by atoms with Gasteiger partial charge in [-0.15, -0.1) is 0 Å². The summed E-state index contributed by atoms with van der Waals surface area (Å²) in [5.41, 5.74) is 2.60. The summed E-state index contributed by atoms with van der Waals surface area (Å²) in [6.07, 6.45) is 4.08. The van der Waals surface area contributed by atoms with Crippen molar-refractivity contribution >= 4 is 17.5 Å². The van der Waals surface area contributed by atoms with Crippen molar-refractivity contribution in [3.05, 3.63) is 42.7 Å². The number of benzene rings is 1. The molecule has 2 aliphatic heterocycles. The number of anilines is 1. The Balaban J connectivity index is 1.53. The van der Waals surface area contributed by atoms with Crippen molar-refractivity contribution in [2.45, 2.75) is 26.3 Å². The molecule has 0 aliphatic carbocycles. The number of amides is 2. The lowest BCUT2D eigenvalue weighted by Crippen LogP contribution is -2.58. The summed E-state index contributed by atoms with van der Waals surface area (Å²) in [5.74, 6) is 1.08. The first-order chi connectivity index (χ1) is 14.5. The van der Waals surface area contributed by atoms with Crippen LogP contribution in [0, 0.1) is 5.92 Å². The van der Waals surface area contributed by atoms with Gasteiger partial charge in [-0.2, -0.15) is 0 Å². The minimum Gasteiger partial charge on any atom is -0.490 e. The van der Waals surface area contributed by atoms with Crippen molar-refractivity contribution in [2.75, 3.05) is 38.1 Å². The van der Waals surface area contributed by atoms with Crippen molar-refractivity contribution < 1.29 is 14.3 Å². The Morgan fingerprint density at radius 3 is 2.90 bits per heavy atom. The van der Waals surface area contributed by atoms with Gasteiger partial charge in [0.05, 0.1) is 18.3 Å². The quantitative estimate of drug-likeness (QED) is 0.845. The van der Waals surface area contributed by atoms with E-state index in [0.717, 1.165) is 11.1 Å². The molecule has 1 fully saturated rings. The molecule has 0 saturated carbocycles. The van der Waals surface area contributed by atoms with Gasteiger partial charge in [-0.3, -0.25) is 19.5 Å². The number of hydrogen-bond acceptors (Lipinski definition) is 5. The number of pyridine rings is 1. The molecule has 1 aromatic heterocycles. The molecule has 2 amide bonds. The number of ether oxygens (including phenoxy) is 1. The first-order valence-electron chi connectivity index (χ1n) is 10.5. The molecule has 2 aromatic rings. The predicted octanol–water partition coefficient (Wildman–Crippen LogP) is 2.64. The van der Waals surface area contributed by atoms with E-state index >= 15 is 0 Å². The maximum atomic E-state index is 12.7. The fraction of sp³-hybridized carbons (Fsp3) is 0.435. The standard InChI is InChI=1S/C23H28N4O3/c1-16(2)10-23(29)27-9-8-26-14-22(28)25-20-11-17(18-4-3-7-24-12-18)5-6-21(20)30-15-19(26)13-27/h3-7,11-12,16,19H,8-10,13-15H2,1-2H3,(H,25,28)/t19-/m0/s1. The zero-order chi connectivity index (χ0) is 21.1. The fourth-order valence-electron chi connectivity index (χ4n) is 3.99. The molecule has 4 rings (SSSR count). The predicted molar refractivity (Wildman–Crippen MR) is 115 cm³/mol. The maximum absolute atomic E-state index is 12.7. The van der Waals surface area contributed by atoms with E-state index in [2.05, 4.69) is 29.0 Å². The van der Waals surface area contributed by atoms with Crippen molar-refractivity contribution in [1.82, 2.24) is 14.8 Å². The summed E-state index contributed by atoms with van der Waals surface area (Å²) in [6.45, 7) is 6.73. The van der Waals surface area contributed by atoms with Gasteiger partial charge in [0.15, 0.2) is 0 Å². The van der Waals surface area contributed by atoms with E-state index in [1.165, 1.54) is 0 Å². The van der Waals surface area contributed by atoms with E-state index in [1.54, 1.807) is 12.4 Å². The monoisotopic (exact) mass is 408 g/mol. The van der Waals surface area contributed by atoms with Crippen LogP contribution in [0.5, 0.6) is 5.75 Å². The summed E-state index contributed by atoms with van der Waals surface area (Å²) in [7, 11) is 0. The minimum atomic E-state index is -0.0722. The third-order valence-electron chi connectivity index (χ3n) is 5.57. The number of piperazine rings is 1. The van der Waals surface area contributed by atoms with Gasteiger partial charge in [0.2, 0.25) is 11.8 Å². The Hall–Kier alpha value is -2.93. The lowest BCUT2D eigenvalue weighted by Gasteiger charge is -2.40. The molecule has 1 atom stereocenters. The second-order valence-corrected chi connectivity index (χ2v) is 8.37. The normalized spacial score (nSPS) is 19.6. The Morgan fingerprint density at radius 1 is 1.27 bits per heavy atom. The zero-order valence-corrected chi connectivity index (χ0v) is 17.5. The van der Waals surface area contributed by atoms with E-state index in [1.807, 2.05) is 35.2 Å². The van der Waals surface area contributed by atoms with Gasteiger partial charge in [-0.05, 0) is 29.7 Å². The lowest BCUT2D eigenvalue weighted by molar-refractivity contribution is -0.135. The number of nitrogens with one attached hydrogen (secondary N) is 1. The summed E-state index contributed by atoms with van der Waals surface area (Å²) in [5, 5.41) is 3.00. The van der Waals surface area contributed by atoms with Gasteiger partial charge in [-0.1, -0.05) is 26.0 Å². The highest BCUT2D eigenvalue weighted by Crippen LogP contribution is 2.32. The molecule has 7 nitrogen and oxygen atoms in total. The molecule has 0 bridgehead atoms. The molecule has 0 spiro atoms. The highest BCUT2D eigenvalue weighted by Gasteiger charge is 2.32. The van der Waals surface area contributed by atoms with Crippen LogP contribution in [0.1, 0.15) is 20.3 Å². The summed E-state index contributed by atoms with van der Waals surface area (Å²) >= 11 is 0. The van der Waals surface area contributed by atoms with E-state index in [9.17, 15) is 9.59 Å². The second kappa shape index (κ2) is 8.83. The van der Waals surface area contributed by atoms with E-state index in [0.29, 0.717) is 50.0 Å². The third-order valence-corrected chi connectivity index (χ3v) is 5.57. The van der Waals surface area contributed by atoms with E-state index < -0.39 is 0 Å². The summed E-state index contributed by atoms with van der Waals surface area (Å²) in [4.78, 5) is 33.4. The van der Waals surface area contributed by atoms with E-state index in [4.69, 9.17) is 4.74 Å². The first-order valence-corrected chi connectivity index (χ1v) is 10.5. The van der Waals surface area contributed by atoms with Gasteiger partial charge in [0.25, 0.3) is 0 Å². The molecule has 30 heavy (non-hydrogen) atoms. The van der Waals surface area contributed by atoms with Crippen molar-refractivity contribution in [2.24, 2.45) is 5.92 Å². The Bertz CT molecular complexity index is 916. The third kappa shape index (κ3) is 4.62. The zero-order valence-electron chi connectivity index (χ0n) is 17.5. The number of aromatic nitrogens is 1. The number of rotatable bonds is 3. The summed E-state index contributed by atoms with van der Waals surface area (Å²) < 4.78 is 6.12. The maximum Gasteiger partial charge on any atom is 0.238 e. The molecule has 3 heterocycles. The average Bonchev–Trinajstić information content (AvgIpc) is 2.79. The molecule has 1 N–H and O–H groups in total. The van der Waals surface area contributed by atoms with Crippen LogP contribution in [-0.4, -0.2) is 65.4 Å². The molecule has 1 aromatic carbocycles. The van der Waals surface area contributed by atoms with Crippen LogP contribution in [-0.2, 0) is 9.59 Å². The Labute approximate surface area is 177 Å². The van der Waals surface area contributed by atoms with Gasteiger partial charge in [0, 0.05) is 44.0 Å². The molecule has 1 saturated heterocycles. The van der Waals surface area contributed by atoms with E-state index in [-0.39, 0.29) is 24.4 Å². The minimum absolute atomic E-state index is 0.00966. The highest BCUT2D eigenvalue weighted by atomic mass is 16.5. The average molecular weight is 409 g/mol. The molecule has 0 unspecified atom stereocenters. The number of carbonyl (C=O) groups excluding carboxylic acids is 2. The first kappa shape index (κ1) is 20.3. The molecule has 2 aliphatic rings. The second-order valence-electron chi connectivity index (χ2n) is 8.37. The topological polar surface area (TPSA) is 74.8 Å². The smallest absolute Gasteiger partial charge is 0.238 e.